The molecule has 3 aromatic heterocycles. The molecule has 5 aliphatic heterocycles. The Morgan fingerprint density at radius 2 is 1.39 bits per heavy atom. The number of piperidine rings is 1. The van der Waals surface area contributed by atoms with Crippen molar-refractivity contribution in [2.24, 2.45) is 27.8 Å². The number of aliphatic hydroxyl groups is 3. The molecule has 740 valence electrons. The smallest absolute Gasteiger partial charge is 0.426 e. The van der Waals surface area contributed by atoms with E-state index >= 15 is 4.79 Å². The van der Waals surface area contributed by atoms with Crippen LogP contribution in [0.3, 0.4) is 0 Å². The molecule has 3 aromatic carbocycles. The molecule has 16 atom stereocenters. The van der Waals surface area contributed by atoms with Crippen LogP contribution in [-0.4, -0.2) is 309 Å². The number of H-pyrrole nitrogens is 2. The van der Waals surface area contributed by atoms with Gasteiger partial charge in [-0.1, -0.05) is 72.7 Å². The molecule has 12 rings (SSSR count). The number of carboxylic acid groups (broad SMARTS) is 5. The maximum Gasteiger partial charge on any atom is 0.426 e. The molecule has 0 radical (unpaired) electrons. The summed E-state index contributed by atoms with van der Waals surface area (Å²) in [6, 6.07) is 5.30. The summed E-state index contributed by atoms with van der Waals surface area (Å²) in [5, 5.41) is 102. The number of amides is 8. The van der Waals surface area contributed by atoms with Crippen LogP contribution >= 0.6 is 21.6 Å². The number of nitrogen functional groups attached to an aromatic ring is 1. The van der Waals surface area contributed by atoms with Gasteiger partial charge in [0.05, 0.1) is 63.6 Å². The quantitative estimate of drug-likeness (QED) is 0.00429. The number of para-hydroxylation sites is 1. The SMILES string of the molecule is CCSSCCOC(=O)NNC(=O)[C@@]1(O)[C@H](O)[C@]2(CC)C=CCN3CC[C@@]4(c5cc([C@@]6(C(=O)OC)C[C@@H]7CN(CCc8c6[nH]c6ccccc86)C[C@](O)(CC)C7)c(OC)cc5N(C)[C@@H]14)[C@@H]32.C[C@H](NC(=O)[C@H](CC(=O)O)NC(=O)[C@H](CC(=O)O)NC(=O)[C@H](CCCN=C(N)N)NC(=O)[C@H](CC(=O)O)NC(=O)CC[C@H](NC(=O)c1ccc(NCc2cnc3nc(N)[nH]c(=O)c3n2)cc1)C(=O)O)C(=O)O. The zero-order chi connectivity index (χ0) is 99.9. The summed E-state index contributed by atoms with van der Waals surface area (Å²) in [4.78, 5) is 221. The lowest BCUT2D eigenvalue weighted by atomic mass is 9.47. The molecule has 6 aliphatic rings. The number of aromatic nitrogens is 5. The van der Waals surface area contributed by atoms with Gasteiger partial charge in [0.1, 0.15) is 60.1 Å². The Kier molecular flexibility index (Phi) is 33.8. The summed E-state index contributed by atoms with van der Waals surface area (Å²) in [5.74, 6) is -15.5. The second-order valence-corrected chi connectivity index (χ2v) is 37.4. The number of anilines is 3. The third kappa shape index (κ3) is 22.9. The Hall–Kier alpha value is -13.5. The third-order valence-corrected chi connectivity index (χ3v) is 28.3. The summed E-state index contributed by atoms with van der Waals surface area (Å²) >= 11 is 0. The van der Waals surface area contributed by atoms with Crippen molar-refractivity contribution >= 4 is 150 Å². The minimum absolute atomic E-state index is 0.000586. The maximum atomic E-state index is 15.4. The van der Waals surface area contributed by atoms with E-state index in [9.17, 15) is 103 Å². The highest BCUT2D eigenvalue weighted by Crippen LogP contribution is 2.68. The molecule has 1 unspecified atom stereocenters. The van der Waals surface area contributed by atoms with E-state index < -0.39 is 203 Å². The second-order valence-electron chi connectivity index (χ2n) is 34.5. The lowest BCUT2D eigenvalue weighted by Crippen LogP contribution is -2.82. The Bertz CT molecular complexity index is 5710. The molecule has 47 nitrogen and oxygen atoms in total. The van der Waals surface area contributed by atoms with Crippen molar-refractivity contribution in [2.45, 2.75) is 194 Å². The average molecular weight is 1950 g/mol. The number of nitrogens with two attached hydrogens (primary N) is 3. The van der Waals surface area contributed by atoms with Crippen LogP contribution in [-0.2, 0) is 90.8 Å². The van der Waals surface area contributed by atoms with Crippen molar-refractivity contribution < 1.29 is 122 Å². The number of benzene rings is 3. The van der Waals surface area contributed by atoms with Crippen molar-refractivity contribution in [3.05, 3.63) is 123 Å². The number of esters is 1. The Labute approximate surface area is 791 Å². The van der Waals surface area contributed by atoms with Crippen molar-refractivity contribution in [3.8, 4) is 5.75 Å². The van der Waals surface area contributed by atoms with Gasteiger partial charge in [0.15, 0.2) is 22.7 Å². The number of aliphatic carboxylic acids is 5. The lowest BCUT2D eigenvalue weighted by Gasteiger charge is -2.63. The van der Waals surface area contributed by atoms with Crippen LogP contribution in [0.15, 0.2) is 88.8 Å². The minimum atomic E-state index is -2.48. The molecule has 1 saturated carbocycles. The number of ether oxygens (including phenoxy) is 3. The number of rotatable bonds is 40. The summed E-state index contributed by atoms with van der Waals surface area (Å²) in [6.07, 6.45) is 0.577. The zero-order valence-electron chi connectivity index (χ0n) is 76.1. The molecule has 137 heavy (non-hydrogen) atoms. The summed E-state index contributed by atoms with van der Waals surface area (Å²) < 4.78 is 17.7. The molecule has 2 saturated heterocycles. The number of carboxylic acids is 5. The fraction of sp³-hybridized carbons (Fsp3) is 0.511. The minimum Gasteiger partial charge on any atom is -0.496 e. The van der Waals surface area contributed by atoms with E-state index in [1.54, 1.807) is 28.7 Å². The van der Waals surface area contributed by atoms with Gasteiger partial charge in [-0.3, -0.25) is 87.5 Å². The first-order valence-corrected chi connectivity index (χ1v) is 46.8. The highest BCUT2D eigenvalue weighted by molar-refractivity contribution is 8.76. The number of hydrogen-bond donors (Lipinski definition) is 22. The molecule has 1 aliphatic carbocycles. The van der Waals surface area contributed by atoms with E-state index in [2.05, 4.69) is 89.3 Å². The molecule has 2 bridgehead atoms. The molecular weight excluding hydrogens is 1830 g/mol. The van der Waals surface area contributed by atoms with Crippen molar-refractivity contribution in [1.29, 1.82) is 0 Å². The van der Waals surface area contributed by atoms with E-state index in [4.69, 9.17) is 36.5 Å². The molecule has 3 fully saturated rings. The van der Waals surface area contributed by atoms with Crippen LogP contribution in [0.5, 0.6) is 5.75 Å². The van der Waals surface area contributed by atoms with Gasteiger partial charge in [0, 0.05) is 120 Å². The Morgan fingerprint density at radius 3 is 2.01 bits per heavy atom. The Balaban J connectivity index is 0.000000264. The normalized spacial score (nSPS) is 23.4. The van der Waals surface area contributed by atoms with Crippen LogP contribution < -0.4 is 80.5 Å². The Morgan fingerprint density at radius 1 is 0.730 bits per heavy atom. The average Bonchev–Trinajstić information content (AvgIpc) is 1.48. The first kappa shape index (κ1) is 104. The molecule has 6 aromatic rings. The van der Waals surface area contributed by atoms with Crippen LogP contribution in [0.1, 0.15) is 143 Å². The molecule has 1 spiro atoms. The van der Waals surface area contributed by atoms with E-state index in [0.29, 0.717) is 105 Å². The van der Waals surface area contributed by atoms with Crippen LogP contribution in [0.25, 0.3) is 22.1 Å². The van der Waals surface area contributed by atoms with Crippen LogP contribution in [0.4, 0.5) is 22.1 Å². The van der Waals surface area contributed by atoms with Crippen LogP contribution in [0.2, 0.25) is 0 Å². The van der Waals surface area contributed by atoms with Crippen LogP contribution in [0, 0.1) is 11.3 Å². The second kappa shape index (κ2) is 44.5. The van der Waals surface area contributed by atoms with Gasteiger partial charge < -0.3 is 119 Å². The number of nitrogens with zero attached hydrogens (tertiary/aromatic N) is 7. The molecule has 25 N–H and O–H groups in total. The van der Waals surface area contributed by atoms with E-state index in [0.717, 1.165) is 40.4 Å². The number of hydrogen-bond acceptors (Lipinski definition) is 32. The van der Waals surface area contributed by atoms with Crippen molar-refractivity contribution in [1.82, 2.24) is 77.5 Å². The van der Waals surface area contributed by atoms with Gasteiger partial charge in [-0.05, 0) is 125 Å². The fourth-order valence-electron chi connectivity index (χ4n) is 19.7. The number of likely N-dealkylation sites (N-methyl/N-ethyl adjacent to an activating group) is 1. The number of aliphatic hydroxyl groups excluding tert-OH is 1. The number of guanidine groups is 1. The standard InChI is InChI=1S/C48H64N6O9S2.C40H51N15O17/c1-7-44(59)25-29-26-47(42(57)62-6,37-31(15-19-53(27-29)28-44)30-13-10-11-14-34(30)49-37)33-23-32-35(24-36(33)61-5)52(4)39-46(32)17-20-54-18-12-16-45(8-2,38(46)54)40(55)48(39,60)41(56)50-51-43(58)63-21-22-65-64-9-3;1-16(37(69)70)47-33(65)23(12-27(59)60)53-35(67)24(13-28(61)62)52-32(64)20(3-2-10-44-39(41)42)50-34(66)22(11-26(57)58)49-25(56)9-8-21(38(71)72)51-31(63)17-4-6-18(7-5-17)45-14-19-15-46-30-29(48-19)36(68)55-40(43)54-30/h10-14,16,23-24,29,38-40,49,55,59-60H,7-9,15,17-22,25-28H2,1-6H3,(H,50,56)(H,51,58);4-7,15-16,20-24,45H,2-3,8-14H2,1H3,(H,47,65)(H,49,56)(H,50,66)(H,51,63)(H,52,64)(H,53,67)(H,57,58)(H,59,60)(H,61,62)(H,69,70)(H,71,72)(H4,41,42,44)(H3,43,46,54,55,68)/t29-,38+,39-,40-,44+,45-,46-,47+,48+;16-,20-,21-,22-,23-,24-/m10/s1. The zero-order valence-corrected chi connectivity index (χ0v) is 77.8. The highest BCUT2D eigenvalue weighted by atomic mass is 33.1. The van der Waals surface area contributed by atoms with Gasteiger partial charge in [0.25, 0.3) is 17.4 Å². The predicted molar refractivity (Wildman–Crippen MR) is 496 cm³/mol. The topological polar surface area (TPSA) is 724 Å². The highest BCUT2D eigenvalue weighted by Gasteiger charge is 2.79. The third-order valence-electron chi connectivity index (χ3n) is 25.8. The number of fused-ring (bicyclic) bond motifs is 7. The van der Waals surface area contributed by atoms with Gasteiger partial charge in [-0.15, -0.1) is 0 Å². The van der Waals surface area contributed by atoms with E-state index in [1.165, 1.54) is 37.6 Å². The van der Waals surface area contributed by atoms with Crippen molar-refractivity contribution in [3.63, 3.8) is 0 Å². The first-order chi connectivity index (χ1) is 65.0. The molecule has 49 heteroatoms. The van der Waals surface area contributed by atoms with Gasteiger partial charge in [-0.25, -0.2) is 25.0 Å². The van der Waals surface area contributed by atoms with E-state index in [1.807, 2.05) is 79.8 Å². The van der Waals surface area contributed by atoms with Gasteiger partial charge in [-0.2, -0.15) is 4.98 Å². The van der Waals surface area contributed by atoms with Crippen molar-refractivity contribution in [2.75, 3.05) is 94.6 Å². The summed E-state index contributed by atoms with van der Waals surface area (Å²) in [5.41, 5.74) is 19.0. The number of methoxy groups -OCH3 is 2. The molecule has 8 amide bonds. The lowest BCUT2D eigenvalue weighted by molar-refractivity contribution is -0.204. The largest absolute Gasteiger partial charge is 0.496 e. The number of carbonyl (C=O) groups is 14. The number of carbonyl (C=O) groups excluding carboxylic acids is 9. The predicted octanol–water partition coefficient (Wildman–Crippen LogP) is -0.717. The number of aliphatic imine (C=N–C) groups is 1. The number of aromatic amines is 2. The van der Waals surface area contributed by atoms with E-state index in [-0.39, 0.29) is 66.7 Å². The monoisotopic (exact) mass is 1950 g/mol. The first-order valence-electron chi connectivity index (χ1n) is 44.3. The number of hydrazine groups is 1. The summed E-state index contributed by atoms with van der Waals surface area (Å²) in [6.45, 7) is 10.2. The summed E-state index contributed by atoms with van der Waals surface area (Å²) in [7, 11) is 8.05. The van der Waals surface area contributed by atoms with Gasteiger partial charge >= 0.3 is 41.9 Å². The molecular formula is C88H115N21O26S2. The van der Waals surface area contributed by atoms with Gasteiger partial charge in [0.2, 0.25) is 35.5 Å². The molecule has 8 heterocycles. The number of nitrogens with one attached hydrogen (secondary N) is 11. The fourth-order valence-corrected chi connectivity index (χ4v) is 21.2. The maximum absolute atomic E-state index is 15.4.